The van der Waals surface area contributed by atoms with Crippen molar-refractivity contribution >= 4 is 23.8 Å². The van der Waals surface area contributed by atoms with Crippen LogP contribution >= 0.6 is 11.6 Å². The van der Waals surface area contributed by atoms with E-state index in [4.69, 9.17) is 21.1 Å². The molecule has 0 aliphatic heterocycles. The smallest absolute Gasteiger partial charge is 0.248 e. The quantitative estimate of drug-likeness (QED) is 0.305. The standard InChI is InChI=1S/C26H19ClN4O/c1-18-7-9-19(10-8-18)25-21(17-31(30-25)23-5-3-2-4-6-23)13-16-24-28-29-26(32-24)20-11-14-22(27)15-12-20/h2-17H,1H3/b16-13+. The van der Waals surface area contributed by atoms with E-state index < -0.39 is 0 Å². The van der Waals surface area contributed by atoms with Crippen LogP contribution in [0.25, 0.3) is 40.6 Å². The molecule has 5 aromatic rings. The normalized spacial score (nSPS) is 11.3. The van der Waals surface area contributed by atoms with Gasteiger partial charge in [0, 0.05) is 34.0 Å². The van der Waals surface area contributed by atoms with Crippen LogP contribution in [0.15, 0.2) is 89.5 Å². The third-order valence-electron chi connectivity index (χ3n) is 5.03. The van der Waals surface area contributed by atoms with Crippen molar-refractivity contribution in [2.75, 3.05) is 0 Å². The number of para-hydroxylation sites is 1. The zero-order valence-corrected chi connectivity index (χ0v) is 18.1. The van der Waals surface area contributed by atoms with Gasteiger partial charge in [-0.2, -0.15) is 5.10 Å². The Bertz CT molecular complexity index is 1370. The zero-order valence-electron chi connectivity index (χ0n) is 17.3. The average Bonchev–Trinajstić information content (AvgIpc) is 3.47. The highest BCUT2D eigenvalue weighted by atomic mass is 35.5. The Morgan fingerprint density at radius 1 is 0.812 bits per heavy atom. The Labute approximate surface area is 190 Å². The third-order valence-corrected chi connectivity index (χ3v) is 5.28. The Kier molecular flexibility index (Phi) is 5.40. The van der Waals surface area contributed by atoms with Crippen molar-refractivity contribution < 1.29 is 4.42 Å². The van der Waals surface area contributed by atoms with E-state index in [1.807, 2.05) is 59.4 Å². The lowest BCUT2D eigenvalue weighted by molar-refractivity contribution is 0.558. The summed E-state index contributed by atoms with van der Waals surface area (Å²) in [5, 5.41) is 13.8. The van der Waals surface area contributed by atoms with Gasteiger partial charge in [0.2, 0.25) is 11.8 Å². The molecule has 0 unspecified atom stereocenters. The summed E-state index contributed by atoms with van der Waals surface area (Å²) >= 11 is 5.96. The van der Waals surface area contributed by atoms with Gasteiger partial charge in [-0.05, 0) is 49.4 Å². The molecule has 0 aliphatic carbocycles. The highest BCUT2D eigenvalue weighted by molar-refractivity contribution is 6.30. The van der Waals surface area contributed by atoms with Gasteiger partial charge in [-0.15, -0.1) is 10.2 Å². The zero-order chi connectivity index (χ0) is 21.9. The van der Waals surface area contributed by atoms with Gasteiger partial charge in [-0.25, -0.2) is 4.68 Å². The lowest BCUT2D eigenvalue weighted by atomic mass is 10.1. The fraction of sp³-hybridized carbons (Fsp3) is 0.0385. The maximum absolute atomic E-state index is 5.96. The first kappa shape index (κ1) is 20.0. The highest BCUT2D eigenvalue weighted by Gasteiger charge is 2.12. The lowest BCUT2D eigenvalue weighted by Crippen LogP contribution is -1.93. The van der Waals surface area contributed by atoms with Crippen molar-refractivity contribution in [1.29, 1.82) is 0 Å². The molecule has 0 spiro atoms. The Morgan fingerprint density at radius 2 is 1.53 bits per heavy atom. The average molecular weight is 439 g/mol. The number of rotatable bonds is 5. The number of aromatic nitrogens is 4. The van der Waals surface area contributed by atoms with Crippen LogP contribution in [-0.2, 0) is 0 Å². The van der Waals surface area contributed by atoms with Crippen molar-refractivity contribution in [2.24, 2.45) is 0 Å². The first-order chi connectivity index (χ1) is 15.7. The van der Waals surface area contributed by atoms with Gasteiger partial charge >= 0.3 is 0 Å². The van der Waals surface area contributed by atoms with E-state index in [1.54, 1.807) is 18.2 Å². The van der Waals surface area contributed by atoms with Crippen LogP contribution in [0.4, 0.5) is 0 Å². The summed E-state index contributed by atoms with van der Waals surface area (Å²) in [6, 6.07) is 25.6. The molecule has 0 saturated carbocycles. The van der Waals surface area contributed by atoms with E-state index in [-0.39, 0.29) is 0 Å². The van der Waals surface area contributed by atoms with Gasteiger partial charge in [0.05, 0.1) is 11.4 Å². The van der Waals surface area contributed by atoms with Crippen molar-refractivity contribution in [3.05, 3.63) is 107 Å². The molecule has 156 valence electrons. The van der Waals surface area contributed by atoms with E-state index >= 15 is 0 Å². The lowest BCUT2D eigenvalue weighted by Gasteiger charge is -2.01. The van der Waals surface area contributed by atoms with Crippen LogP contribution in [0.1, 0.15) is 17.0 Å². The molecule has 5 nitrogen and oxygen atoms in total. The number of hydrogen-bond acceptors (Lipinski definition) is 4. The summed E-state index contributed by atoms with van der Waals surface area (Å²) in [7, 11) is 0. The summed E-state index contributed by atoms with van der Waals surface area (Å²) in [5.74, 6) is 0.859. The van der Waals surface area contributed by atoms with Crippen molar-refractivity contribution in [2.45, 2.75) is 6.92 Å². The van der Waals surface area contributed by atoms with Crippen LogP contribution in [0.5, 0.6) is 0 Å². The topological polar surface area (TPSA) is 56.7 Å². The predicted molar refractivity (Wildman–Crippen MR) is 127 cm³/mol. The molecule has 3 aromatic carbocycles. The summed E-state index contributed by atoms with van der Waals surface area (Å²) < 4.78 is 7.68. The predicted octanol–water partition coefficient (Wildman–Crippen LogP) is 6.72. The van der Waals surface area contributed by atoms with E-state index in [0.29, 0.717) is 16.8 Å². The maximum atomic E-state index is 5.96. The monoisotopic (exact) mass is 438 g/mol. The molecule has 2 heterocycles. The minimum Gasteiger partial charge on any atom is -0.417 e. The maximum Gasteiger partial charge on any atom is 0.248 e. The molecular formula is C26H19ClN4O. The molecule has 0 N–H and O–H groups in total. The van der Waals surface area contributed by atoms with Crippen molar-refractivity contribution in [3.8, 4) is 28.4 Å². The van der Waals surface area contributed by atoms with E-state index in [2.05, 4.69) is 41.4 Å². The number of nitrogens with zero attached hydrogens (tertiary/aromatic N) is 4. The van der Waals surface area contributed by atoms with Gasteiger partial charge < -0.3 is 4.42 Å². The van der Waals surface area contributed by atoms with Crippen LogP contribution < -0.4 is 0 Å². The van der Waals surface area contributed by atoms with E-state index in [1.165, 1.54) is 5.56 Å². The molecule has 0 aliphatic rings. The first-order valence-corrected chi connectivity index (χ1v) is 10.5. The summed E-state index contributed by atoms with van der Waals surface area (Å²) in [6.07, 6.45) is 5.74. The second-order valence-electron chi connectivity index (χ2n) is 7.36. The van der Waals surface area contributed by atoms with Crippen LogP contribution in [0.3, 0.4) is 0 Å². The highest BCUT2D eigenvalue weighted by Crippen LogP contribution is 2.26. The number of hydrogen-bond donors (Lipinski definition) is 0. The first-order valence-electron chi connectivity index (χ1n) is 10.2. The van der Waals surface area contributed by atoms with Gasteiger partial charge in [-0.1, -0.05) is 59.6 Å². The van der Waals surface area contributed by atoms with Crippen molar-refractivity contribution in [1.82, 2.24) is 20.0 Å². The second kappa shape index (κ2) is 8.65. The van der Waals surface area contributed by atoms with E-state index in [0.717, 1.165) is 28.1 Å². The summed E-state index contributed by atoms with van der Waals surface area (Å²) in [4.78, 5) is 0. The SMILES string of the molecule is Cc1ccc(-c2nn(-c3ccccc3)cc2/C=C/c2nnc(-c3ccc(Cl)cc3)o2)cc1. The molecule has 0 bridgehead atoms. The van der Waals surface area contributed by atoms with Crippen LogP contribution in [0, 0.1) is 6.92 Å². The van der Waals surface area contributed by atoms with Gasteiger partial charge in [0.15, 0.2) is 0 Å². The molecule has 0 fully saturated rings. The number of benzene rings is 3. The molecule has 0 radical (unpaired) electrons. The minimum atomic E-state index is 0.414. The number of halogens is 1. The summed E-state index contributed by atoms with van der Waals surface area (Å²) in [5.41, 5.74) is 5.87. The molecule has 5 rings (SSSR count). The van der Waals surface area contributed by atoms with Gasteiger partial charge in [0.25, 0.3) is 0 Å². The second-order valence-corrected chi connectivity index (χ2v) is 7.80. The van der Waals surface area contributed by atoms with Gasteiger partial charge in [-0.3, -0.25) is 0 Å². The minimum absolute atomic E-state index is 0.414. The molecule has 0 atom stereocenters. The molecule has 0 amide bonds. The Morgan fingerprint density at radius 3 is 2.28 bits per heavy atom. The summed E-state index contributed by atoms with van der Waals surface area (Å²) in [6.45, 7) is 2.07. The largest absolute Gasteiger partial charge is 0.417 e. The van der Waals surface area contributed by atoms with Crippen LogP contribution in [-0.4, -0.2) is 20.0 Å². The Balaban J connectivity index is 1.49. The third kappa shape index (κ3) is 4.24. The fourth-order valence-corrected chi connectivity index (χ4v) is 3.46. The molecular weight excluding hydrogens is 420 g/mol. The molecule has 32 heavy (non-hydrogen) atoms. The van der Waals surface area contributed by atoms with Crippen molar-refractivity contribution in [3.63, 3.8) is 0 Å². The van der Waals surface area contributed by atoms with Crippen LogP contribution in [0.2, 0.25) is 5.02 Å². The van der Waals surface area contributed by atoms with E-state index in [9.17, 15) is 0 Å². The molecule has 2 aromatic heterocycles. The molecule has 6 heteroatoms. The van der Waals surface area contributed by atoms with Gasteiger partial charge in [0.1, 0.15) is 0 Å². The fourth-order valence-electron chi connectivity index (χ4n) is 3.33. The Hall–Kier alpha value is -3.96. The number of aryl methyl sites for hydroxylation is 1. The molecule has 0 saturated heterocycles.